The second kappa shape index (κ2) is 7.31. The summed E-state index contributed by atoms with van der Waals surface area (Å²) in [5.41, 5.74) is 1.35. The van der Waals surface area contributed by atoms with Gasteiger partial charge >= 0.3 is 6.03 Å². The molecule has 0 fully saturated rings. The molecule has 2 rings (SSSR count). The van der Waals surface area contributed by atoms with Crippen molar-refractivity contribution in [1.29, 1.82) is 0 Å². The fourth-order valence-corrected chi connectivity index (χ4v) is 1.91. The van der Waals surface area contributed by atoms with Crippen LogP contribution in [0.4, 0.5) is 16.2 Å². The van der Waals surface area contributed by atoms with E-state index in [1.807, 2.05) is 13.8 Å². The lowest BCUT2D eigenvalue weighted by atomic mass is 10.2. The van der Waals surface area contributed by atoms with E-state index < -0.39 is 0 Å². The van der Waals surface area contributed by atoms with E-state index >= 15 is 0 Å². The molecule has 120 valence electrons. The Morgan fingerprint density at radius 3 is 2.22 bits per heavy atom. The van der Waals surface area contributed by atoms with Gasteiger partial charge in [0.2, 0.25) is 0 Å². The number of benzene rings is 2. The molecule has 2 aromatic carbocycles. The predicted molar refractivity (Wildman–Crippen MR) is 89.8 cm³/mol. The second-order valence-corrected chi connectivity index (χ2v) is 5.30. The standard InChI is InChI=1S/C17H19N3O3/c1-11(2)18-17(23)19-13-9-7-12(8-10-13)16(22)20-14-5-3-4-6-15(14)21/h3-11,21H,1-2H3,(H,20,22)(H2,18,19,23). The second-order valence-electron chi connectivity index (χ2n) is 5.30. The lowest BCUT2D eigenvalue weighted by Crippen LogP contribution is -2.34. The molecule has 0 heterocycles. The molecule has 2 aromatic rings. The van der Waals surface area contributed by atoms with E-state index in [9.17, 15) is 14.7 Å². The molecule has 6 nitrogen and oxygen atoms in total. The molecule has 0 aliphatic carbocycles. The first kappa shape index (κ1) is 16.4. The maximum absolute atomic E-state index is 12.1. The van der Waals surface area contributed by atoms with Crippen LogP contribution in [0.5, 0.6) is 5.75 Å². The van der Waals surface area contributed by atoms with Crippen molar-refractivity contribution in [2.24, 2.45) is 0 Å². The number of rotatable bonds is 4. The van der Waals surface area contributed by atoms with Crippen LogP contribution in [0.3, 0.4) is 0 Å². The zero-order valence-corrected chi connectivity index (χ0v) is 13.0. The number of urea groups is 1. The Bertz CT molecular complexity index is 696. The maximum atomic E-state index is 12.1. The molecule has 0 bridgehead atoms. The molecule has 6 heteroatoms. The summed E-state index contributed by atoms with van der Waals surface area (Å²) in [6, 6.07) is 12.7. The van der Waals surface area contributed by atoms with Gasteiger partial charge in [-0.1, -0.05) is 12.1 Å². The first-order valence-corrected chi connectivity index (χ1v) is 7.22. The fraction of sp³-hybridized carbons (Fsp3) is 0.176. The lowest BCUT2D eigenvalue weighted by molar-refractivity contribution is 0.102. The molecular weight excluding hydrogens is 294 g/mol. The summed E-state index contributed by atoms with van der Waals surface area (Å²) in [4.78, 5) is 23.7. The first-order chi connectivity index (χ1) is 11.0. The minimum Gasteiger partial charge on any atom is -0.506 e. The van der Waals surface area contributed by atoms with Gasteiger partial charge in [0.05, 0.1) is 5.69 Å². The minimum atomic E-state index is -0.343. The number of anilines is 2. The van der Waals surface area contributed by atoms with Crippen LogP contribution in [-0.2, 0) is 0 Å². The zero-order valence-electron chi connectivity index (χ0n) is 13.0. The third-order valence-corrected chi connectivity index (χ3v) is 2.98. The largest absolute Gasteiger partial charge is 0.506 e. The highest BCUT2D eigenvalue weighted by molar-refractivity contribution is 6.05. The topological polar surface area (TPSA) is 90.5 Å². The Kier molecular flexibility index (Phi) is 5.19. The van der Waals surface area contributed by atoms with Gasteiger partial charge in [0.15, 0.2) is 0 Å². The molecule has 0 saturated carbocycles. The third-order valence-electron chi connectivity index (χ3n) is 2.98. The van der Waals surface area contributed by atoms with Gasteiger partial charge in [-0.2, -0.15) is 0 Å². The number of nitrogens with one attached hydrogen (secondary N) is 3. The highest BCUT2D eigenvalue weighted by Gasteiger charge is 2.09. The van der Waals surface area contributed by atoms with Gasteiger partial charge in [0.25, 0.3) is 5.91 Å². The van der Waals surface area contributed by atoms with Crippen LogP contribution in [0.25, 0.3) is 0 Å². The van der Waals surface area contributed by atoms with E-state index in [1.165, 1.54) is 6.07 Å². The van der Waals surface area contributed by atoms with Crippen LogP contribution in [-0.4, -0.2) is 23.1 Å². The van der Waals surface area contributed by atoms with Gasteiger partial charge < -0.3 is 21.1 Å². The monoisotopic (exact) mass is 313 g/mol. The number of carbonyl (C=O) groups is 2. The molecule has 3 amide bonds. The summed E-state index contributed by atoms with van der Waals surface area (Å²) in [5.74, 6) is -0.339. The Morgan fingerprint density at radius 2 is 1.61 bits per heavy atom. The average Bonchev–Trinajstić information content (AvgIpc) is 2.49. The maximum Gasteiger partial charge on any atom is 0.319 e. The van der Waals surface area contributed by atoms with Crippen LogP contribution in [0.2, 0.25) is 0 Å². The van der Waals surface area contributed by atoms with Gasteiger partial charge in [-0.25, -0.2) is 4.79 Å². The van der Waals surface area contributed by atoms with Crippen molar-refractivity contribution in [2.45, 2.75) is 19.9 Å². The molecule has 23 heavy (non-hydrogen) atoms. The molecule has 0 aliphatic heterocycles. The molecule has 0 aromatic heterocycles. The molecule has 0 atom stereocenters. The van der Waals surface area contributed by atoms with Crippen molar-refractivity contribution in [1.82, 2.24) is 5.32 Å². The third kappa shape index (κ3) is 4.74. The average molecular weight is 313 g/mol. The summed E-state index contributed by atoms with van der Waals surface area (Å²) in [7, 11) is 0. The van der Waals surface area contributed by atoms with Gasteiger partial charge in [-0.05, 0) is 50.2 Å². The molecule has 0 spiro atoms. The summed E-state index contributed by atoms with van der Waals surface area (Å²) >= 11 is 0. The molecule has 0 radical (unpaired) electrons. The summed E-state index contributed by atoms with van der Waals surface area (Å²) in [6.45, 7) is 3.73. The van der Waals surface area contributed by atoms with Crippen LogP contribution in [0, 0.1) is 0 Å². The zero-order chi connectivity index (χ0) is 16.8. The lowest BCUT2D eigenvalue weighted by Gasteiger charge is -2.11. The minimum absolute atomic E-state index is 0.00416. The van der Waals surface area contributed by atoms with Gasteiger partial charge in [-0.15, -0.1) is 0 Å². The summed E-state index contributed by atoms with van der Waals surface area (Å²) < 4.78 is 0. The number of hydrogen-bond acceptors (Lipinski definition) is 3. The van der Waals surface area contributed by atoms with Gasteiger partial charge in [0.1, 0.15) is 5.75 Å². The van der Waals surface area contributed by atoms with Crippen LogP contribution in [0.15, 0.2) is 48.5 Å². The van der Waals surface area contributed by atoms with Crippen LogP contribution < -0.4 is 16.0 Å². The van der Waals surface area contributed by atoms with E-state index in [1.54, 1.807) is 42.5 Å². The van der Waals surface area contributed by atoms with Crippen molar-refractivity contribution in [3.05, 3.63) is 54.1 Å². The van der Waals surface area contributed by atoms with Gasteiger partial charge in [0, 0.05) is 17.3 Å². The molecular formula is C17H19N3O3. The van der Waals surface area contributed by atoms with E-state index in [0.29, 0.717) is 16.9 Å². The van der Waals surface area contributed by atoms with Crippen molar-refractivity contribution in [3.63, 3.8) is 0 Å². The number of aromatic hydroxyl groups is 1. The molecule has 0 unspecified atom stereocenters. The summed E-state index contributed by atoms with van der Waals surface area (Å²) in [5, 5.41) is 17.7. The van der Waals surface area contributed by atoms with Crippen molar-refractivity contribution < 1.29 is 14.7 Å². The highest BCUT2D eigenvalue weighted by atomic mass is 16.3. The normalized spacial score (nSPS) is 10.2. The first-order valence-electron chi connectivity index (χ1n) is 7.22. The van der Waals surface area contributed by atoms with Gasteiger partial charge in [-0.3, -0.25) is 4.79 Å². The van der Waals surface area contributed by atoms with E-state index in [2.05, 4.69) is 16.0 Å². The Hall–Kier alpha value is -3.02. The van der Waals surface area contributed by atoms with Crippen molar-refractivity contribution in [2.75, 3.05) is 10.6 Å². The number of para-hydroxylation sites is 2. The quantitative estimate of drug-likeness (QED) is 0.653. The number of phenolic OH excluding ortho intramolecular Hbond substituents is 1. The van der Waals surface area contributed by atoms with E-state index in [-0.39, 0.29) is 23.7 Å². The summed E-state index contributed by atoms with van der Waals surface area (Å²) in [6.07, 6.45) is 0. The SMILES string of the molecule is CC(C)NC(=O)Nc1ccc(C(=O)Nc2ccccc2O)cc1. The fourth-order valence-electron chi connectivity index (χ4n) is 1.91. The molecule has 4 N–H and O–H groups in total. The van der Waals surface area contributed by atoms with Crippen LogP contribution >= 0.6 is 0 Å². The van der Waals surface area contributed by atoms with Crippen LogP contribution in [0.1, 0.15) is 24.2 Å². The number of phenols is 1. The predicted octanol–water partition coefficient (Wildman–Crippen LogP) is 3.17. The Morgan fingerprint density at radius 1 is 0.957 bits per heavy atom. The van der Waals surface area contributed by atoms with E-state index in [4.69, 9.17) is 0 Å². The smallest absolute Gasteiger partial charge is 0.319 e. The van der Waals surface area contributed by atoms with Crippen molar-refractivity contribution >= 4 is 23.3 Å². The number of amides is 3. The van der Waals surface area contributed by atoms with E-state index in [0.717, 1.165) is 0 Å². The molecule has 0 saturated heterocycles. The Balaban J connectivity index is 2.00. The molecule has 0 aliphatic rings. The highest BCUT2D eigenvalue weighted by Crippen LogP contribution is 2.22. The Labute approximate surface area is 134 Å². The number of hydrogen-bond donors (Lipinski definition) is 4. The van der Waals surface area contributed by atoms with Crippen molar-refractivity contribution in [3.8, 4) is 5.75 Å². The number of carbonyl (C=O) groups excluding carboxylic acids is 2.